The number of benzene rings is 4. The van der Waals surface area contributed by atoms with Crippen LogP contribution >= 0.6 is 0 Å². The first-order chi connectivity index (χ1) is 36.2. The van der Waals surface area contributed by atoms with E-state index in [9.17, 15) is 29.1 Å². The van der Waals surface area contributed by atoms with Gasteiger partial charge in [-0.2, -0.15) is 0 Å². The van der Waals surface area contributed by atoms with E-state index in [1.54, 1.807) is 31.5 Å². The fourth-order valence-electron chi connectivity index (χ4n) is 9.85. The van der Waals surface area contributed by atoms with Crippen molar-refractivity contribution in [3.8, 4) is 22.6 Å². The van der Waals surface area contributed by atoms with E-state index in [0.717, 1.165) is 60.2 Å². The minimum atomic E-state index is -1.07. The van der Waals surface area contributed by atoms with E-state index in [0.29, 0.717) is 67.8 Å². The lowest BCUT2D eigenvalue weighted by Gasteiger charge is -2.30. The van der Waals surface area contributed by atoms with Gasteiger partial charge >= 0.3 is 0 Å². The number of amides is 5. The van der Waals surface area contributed by atoms with Crippen molar-refractivity contribution < 1.29 is 38.6 Å². The van der Waals surface area contributed by atoms with Crippen molar-refractivity contribution in [2.75, 3.05) is 51.8 Å². The molecule has 19 nitrogen and oxygen atoms in total. The van der Waals surface area contributed by atoms with Crippen LogP contribution < -0.4 is 48.1 Å². The summed E-state index contributed by atoms with van der Waals surface area (Å²) in [5.74, 6) is -2.96. The number of unbranched alkanes of at least 4 members (excludes halogenated alkanes) is 1. The Hall–Kier alpha value is -7.26. The first-order valence-electron chi connectivity index (χ1n) is 26.0. The van der Waals surface area contributed by atoms with Crippen LogP contribution in [0, 0.1) is 17.2 Å². The topological polar surface area (TPSA) is 291 Å². The molecule has 13 N–H and O–H groups in total. The number of rotatable bonds is 24. The summed E-state index contributed by atoms with van der Waals surface area (Å²) in [6.45, 7) is 3.88. The van der Waals surface area contributed by atoms with Crippen molar-refractivity contribution in [2.45, 2.75) is 88.1 Å². The van der Waals surface area contributed by atoms with Crippen molar-refractivity contribution >= 4 is 62.3 Å². The number of ether oxygens (including phenoxy) is 2. The summed E-state index contributed by atoms with van der Waals surface area (Å²) in [5.41, 5.74) is 16.8. The van der Waals surface area contributed by atoms with Gasteiger partial charge in [0.1, 0.15) is 23.6 Å². The standard InChI is InChI=1S/C55H73N11O8Si/c1-73-48-11-3-2-9-42(48)36-16-12-34(13-17-36)27-44(54(75)65-53(72)47(64-50(69)37-7-6-8-39(56)28-37)29-38-31-60-45-21-20-41(67)30-43(38)45)51(70)63-46(10-4-5-22-59-55(57)58)52(71)61-32-49(68)62-40-18-14-35(15-19-40)33-66-23-25-74-26-24-66/h2-3,9,11-21,30-31,37,39,44,46-47,54,60,67H,4-8,10,22-29,32-33,56H2,1,75H3,(H,61,71)(H,62,68)(H,63,70)(H,64,69)(H,65,72)(H4,57,58,59)/t37-,39-,44-,46-,47-,54?/m0/s1. The Labute approximate surface area is 440 Å². The van der Waals surface area contributed by atoms with Crippen LogP contribution in [0.4, 0.5) is 5.69 Å². The number of aromatic amines is 1. The molecule has 1 unspecified atom stereocenters. The lowest BCUT2D eigenvalue weighted by Crippen LogP contribution is -2.57. The Balaban J connectivity index is 1.10. The number of guanidine groups is 1. The molecule has 1 saturated carbocycles. The number of nitrogens with two attached hydrogens (primary N) is 2. The summed E-state index contributed by atoms with van der Waals surface area (Å²) in [4.78, 5) is 76.3. The zero-order chi connectivity index (χ0) is 53.3. The predicted molar refractivity (Wildman–Crippen MR) is 293 cm³/mol. The molecule has 5 aromatic rings. The molecule has 1 aliphatic heterocycles. The minimum absolute atomic E-state index is 0.0537. The van der Waals surface area contributed by atoms with Crippen LogP contribution in [0.5, 0.6) is 11.5 Å². The molecule has 1 aliphatic carbocycles. The second kappa shape index (κ2) is 27.3. The number of phenolic OH excluding ortho intramolecular Hbond substituents is 1. The zero-order valence-corrected chi connectivity index (χ0v) is 44.9. The van der Waals surface area contributed by atoms with Gasteiger partial charge in [0.05, 0.1) is 32.8 Å². The summed E-state index contributed by atoms with van der Waals surface area (Å²) in [5, 5.41) is 36.1. The number of hydrogen-bond donors (Lipinski definition) is 11. The summed E-state index contributed by atoms with van der Waals surface area (Å²) >= 11 is 0. The number of aromatic hydroxyl groups is 1. The second-order valence-electron chi connectivity index (χ2n) is 19.7. The average molecular weight is 1040 g/mol. The smallest absolute Gasteiger partial charge is 0.243 e. The van der Waals surface area contributed by atoms with Gasteiger partial charge in [-0.25, -0.2) is 0 Å². The highest BCUT2D eigenvalue weighted by molar-refractivity contribution is 6.15. The number of carbonyl (C=O) groups is 5. The van der Waals surface area contributed by atoms with Gasteiger partial charge in [-0.1, -0.05) is 61.0 Å². The normalized spacial score (nSPS) is 17.4. The summed E-state index contributed by atoms with van der Waals surface area (Å²) < 4.78 is 11.1. The van der Waals surface area contributed by atoms with E-state index < -0.39 is 47.3 Å². The molecular weight excluding hydrogens is 971 g/mol. The molecule has 5 amide bonds. The van der Waals surface area contributed by atoms with Crippen LogP contribution in [-0.4, -0.2) is 131 Å². The van der Waals surface area contributed by atoms with Crippen molar-refractivity contribution in [3.63, 3.8) is 0 Å². The van der Waals surface area contributed by atoms with Crippen molar-refractivity contribution in [3.05, 3.63) is 114 Å². The summed E-state index contributed by atoms with van der Waals surface area (Å²) in [6, 6.07) is 25.6. The molecule has 20 heteroatoms. The first kappa shape index (κ1) is 55.5. The van der Waals surface area contributed by atoms with Gasteiger partial charge in [-0.05, 0) is 104 Å². The molecule has 2 heterocycles. The fraction of sp³-hybridized carbons (Fsp3) is 0.418. The van der Waals surface area contributed by atoms with Crippen LogP contribution in [0.3, 0.4) is 0 Å². The lowest BCUT2D eigenvalue weighted by atomic mass is 9.85. The number of aromatic nitrogens is 1. The van der Waals surface area contributed by atoms with Crippen LogP contribution in [0.25, 0.3) is 22.0 Å². The molecule has 0 bridgehead atoms. The number of para-hydroxylation sites is 1. The third kappa shape index (κ3) is 16.4. The van der Waals surface area contributed by atoms with Crippen LogP contribution in [-0.2, 0) is 48.1 Å². The van der Waals surface area contributed by atoms with E-state index in [1.165, 1.54) is 0 Å². The first-order valence-corrected chi connectivity index (χ1v) is 27.1. The van der Waals surface area contributed by atoms with Crippen molar-refractivity contribution in [1.82, 2.24) is 36.5 Å². The van der Waals surface area contributed by atoms with Crippen molar-refractivity contribution in [1.29, 1.82) is 5.41 Å². The van der Waals surface area contributed by atoms with Gasteiger partial charge in [-0.15, -0.1) is 0 Å². The SMILES string of the molecule is COc1ccccc1-c1ccc(C[C@@H](C(=O)N[C@@H](CCCCNC(=N)N)C(=O)NCC(=O)Nc2ccc(CN3CCOCC3)cc2)C([SiH3])NC(=O)[C@H](Cc2c[nH]c3ccc(O)cc23)NC(=O)[C@H]2CCC[C@H](N)C2)cc1. The molecule has 1 aromatic heterocycles. The van der Waals surface area contributed by atoms with Gasteiger partial charge in [0.25, 0.3) is 0 Å². The predicted octanol–water partition coefficient (Wildman–Crippen LogP) is 2.49. The number of nitrogens with zero attached hydrogens (tertiary/aromatic N) is 1. The van der Waals surface area contributed by atoms with Gasteiger partial charge in [0, 0.05) is 88.8 Å². The van der Waals surface area contributed by atoms with Crippen LogP contribution in [0.15, 0.2) is 97.2 Å². The third-order valence-electron chi connectivity index (χ3n) is 14.1. The monoisotopic (exact) mass is 1040 g/mol. The van der Waals surface area contributed by atoms with Gasteiger partial charge < -0.3 is 62.9 Å². The molecule has 400 valence electrons. The summed E-state index contributed by atoms with van der Waals surface area (Å²) in [6.07, 6.45) is 5.96. The van der Waals surface area contributed by atoms with Crippen molar-refractivity contribution in [2.24, 2.45) is 23.3 Å². The molecule has 7 rings (SSSR count). The number of fused-ring (bicyclic) bond motifs is 1. The molecule has 1 saturated heterocycles. The quantitative estimate of drug-likeness (QED) is 0.0184. The molecule has 0 spiro atoms. The largest absolute Gasteiger partial charge is 0.508 e. The Morgan fingerprint density at radius 1 is 0.867 bits per heavy atom. The number of nitrogens with one attached hydrogen (secondary N) is 8. The Kier molecular flexibility index (Phi) is 20.2. The average Bonchev–Trinajstić information content (AvgIpc) is 3.80. The van der Waals surface area contributed by atoms with E-state index in [4.69, 9.17) is 26.4 Å². The molecule has 0 radical (unpaired) electrons. The van der Waals surface area contributed by atoms with Gasteiger partial charge in [0.2, 0.25) is 29.5 Å². The maximum absolute atomic E-state index is 14.9. The number of H-pyrrole nitrogens is 1. The highest BCUT2D eigenvalue weighted by Crippen LogP contribution is 2.31. The van der Waals surface area contributed by atoms with E-state index in [2.05, 4.69) is 41.8 Å². The molecule has 2 fully saturated rings. The Morgan fingerprint density at radius 2 is 1.61 bits per heavy atom. The number of hydrogen-bond acceptors (Lipinski definition) is 11. The zero-order valence-electron chi connectivity index (χ0n) is 42.9. The molecule has 6 atom stereocenters. The number of phenols is 1. The third-order valence-corrected chi connectivity index (χ3v) is 15.2. The molecule has 75 heavy (non-hydrogen) atoms. The number of methoxy groups -OCH3 is 1. The summed E-state index contributed by atoms with van der Waals surface area (Å²) in [7, 11) is 1.89. The Bertz CT molecular complexity index is 2730. The Morgan fingerprint density at radius 3 is 2.35 bits per heavy atom. The molecular formula is C55H73N11O8Si. The highest BCUT2D eigenvalue weighted by Gasteiger charge is 2.34. The maximum atomic E-state index is 14.9. The van der Waals surface area contributed by atoms with Gasteiger partial charge in [0.15, 0.2) is 5.96 Å². The number of anilines is 1. The minimum Gasteiger partial charge on any atom is -0.508 e. The second-order valence-corrected chi connectivity index (χ2v) is 20.9. The maximum Gasteiger partial charge on any atom is 0.243 e. The fourth-order valence-corrected chi connectivity index (χ4v) is 10.7. The van der Waals surface area contributed by atoms with E-state index in [-0.39, 0.29) is 65.6 Å². The van der Waals surface area contributed by atoms with Gasteiger partial charge in [-0.3, -0.25) is 34.3 Å². The number of carbonyl (C=O) groups excluding carboxylic acids is 5. The number of morpholine rings is 1. The molecule has 2 aliphatic rings. The van der Waals surface area contributed by atoms with E-state index in [1.807, 2.05) is 72.8 Å². The van der Waals surface area contributed by atoms with Crippen LogP contribution in [0.1, 0.15) is 61.6 Å². The highest BCUT2D eigenvalue weighted by atomic mass is 28.1. The lowest BCUT2D eigenvalue weighted by molar-refractivity contribution is -0.133. The molecule has 4 aromatic carbocycles. The van der Waals surface area contributed by atoms with E-state index >= 15 is 0 Å². The van der Waals surface area contributed by atoms with Crippen LogP contribution in [0.2, 0.25) is 0 Å².